The predicted molar refractivity (Wildman–Crippen MR) is 58.2 cm³/mol. The van der Waals surface area contributed by atoms with Crippen LogP contribution < -0.4 is 5.32 Å². The van der Waals surface area contributed by atoms with Crippen LogP contribution in [0.4, 0.5) is 5.69 Å². The van der Waals surface area contributed by atoms with Crippen LogP contribution in [-0.2, 0) is 11.3 Å². The van der Waals surface area contributed by atoms with E-state index in [0.717, 1.165) is 6.20 Å². The number of aliphatic hydroxyl groups is 1. The summed E-state index contributed by atoms with van der Waals surface area (Å²) < 4.78 is 1.17. The van der Waals surface area contributed by atoms with E-state index < -0.39 is 10.5 Å². The molecular formula is C9H14N4O4. The lowest BCUT2D eigenvalue weighted by Gasteiger charge is -2.23. The quantitative estimate of drug-likeness (QED) is 0.543. The van der Waals surface area contributed by atoms with Gasteiger partial charge in [-0.3, -0.25) is 19.6 Å². The fraction of sp³-hybridized carbons (Fsp3) is 0.556. The van der Waals surface area contributed by atoms with E-state index in [1.165, 1.54) is 10.9 Å². The fourth-order valence-electron chi connectivity index (χ4n) is 1.14. The largest absolute Gasteiger partial charge is 0.394 e. The van der Waals surface area contributed by atoms with Crippen molar-refractivity contribution >= 4 is 11.6 Å². The highest BCUT2D eigenvalue weighted by atomic mass is 16.6. The number of nitro groups is 1. The van der Waals surface area contributed by atoms with Crippen LogP contribution in [0.1, 0.15) is 13.8 Å². The Labute approximate surface area is 97.4 Å². The maximum absolute atomic E-state index is 11.5. The molecule has 1 heterocycles. The maximum Gasteiger partial charge on any atom is 0.307 e. The van der Waals surface area contributed by atoms with Crippen LogP contribution >= 0.6 is 0 Å². The monoisotopic (exact) mass is 242 g/mol. The third kappa shape index (κ3) is 3.83. The molecule has 0 spiro atoms. The van der Waals surface area contributed by atoms with Crippen molar-refractivity contribution in [2.75, 3.05) is 6.61 Å². The van der Waals surface area contributed by atoms with E-state index in [4.69, 9.17) is 5.11 Å². The number of carbonyl (C=O) groups is 1. The second-order valence-electron chi connectivity index (χ2n) is 4.24. The molecule has 1 aromatic heterocycles. The van der Waals surface area contributed by atoms with Crippen molar-refractivity contribution < 1.29 is 14.8 Å². The van der Waals surface area contributed by atoms with Crippen LogP contribution in [0.3, 0.4) is 0 Å². The van der Waals surface area contributed by atoms with Gasteiger partial charge in [0.2, 0.25) is 5.91 Å². The molecular weight excluding hydrogens is 228 g/mol. The smallest absolute Gasteiger partial charge is 0.307 e. The van der Waals surface area contributed by atoms with E-state index in [1.54, 1.807) is 13.8 Å². The first-order chi connectivity index (χ1) is 7.84. The first kappa shape index (κ1) is 13.1. The van der Waals surface area contributed by atoms with Crippen molar-refractivity contribution in [1.82, 2.24) is 15.1 Å². The van der Waals surface area contributed by atoms with Crippen LogP contribution in [0.2, 0.25) is 0 Å². The minimum atomic E-state index is -0.726. The van der Waals surface area contributed by atoms with Gasteiger partial charge >= 0.3 is 5.69 Å². The normalized spacial score (nSPS) is 11.2. The van der Waals surface area contributed by atoms with Gasteiger partial charge in [0.15, 0.2) is 0 Å². The maximum atomic E-state index is 11.5. The number of nitrogens with one attached hydrogen (secondary N) is 1. The van der Waals surface area contributed by atoms with E-state index in [1.807, 2.05) is 0 Å². The number of carbonyl (C=O) groups excluding carboxylic acids is 1. The Balaban J connectivity index is 2.59. The number of hydrogen-bond acceptors (Lipinski definition) is 5. The Hall–Kier alpha value is -1.96. The Morgan fingerprint density at radius 3 is 2.82 bits per heavy atom. The van der Waals surface area contributed by atoms with Crippen molar-refractivity contribution in [3.8, 4) is 0 Å². The lowest BCUT2D eigenvalue weighted by Crippen LogP contribution is -2.47. The average molecular weight is 242 g/mol. The third-order valence-electron chi connectivity index (χ3n) is 2.01. The Kier molecular flexibility index (Phi) is 3.79. The molecule has 0 unspecified atom stereocenters. The molecule has 0 aliphatic carbocycles. The van der Waals surface area contributed by atoms with Gasteiger partial charge in [0.05, 0.1) is 17.1 Å². The Bertz CT molecular complexity index is 426. The molecule has 94 valence electrons. The summed E-state index contributed by atoms with van der Waals surface area (Å²) in [4.78, 5) is 21.3. The van der Waals surface area contributed by atoms with Gasteiger partial charge < -0.3 is 10.4 Å². The summed E-state index contributed by atoms with van der Waals surface area (Å²) in [6.45, 7) is 3.00. The molecule has 0 aromatic carbocycles. The molecule has 2 N–H and O–H groups in total. The Morgan fingerprint density at radius 2 is 2.35 bits per heavy atom. The number of hydrogen-bond donors (Lipinski definition) is 2. The summed E-state index contributed by atoms with van der Waals surface area (Å²) >= 11 is 0. The molecule has 1 amide bonds. The molecule has 0 saturated heterocycles. The number of aromatic nitrogens is 2. The molecule has 1 rings (SSSR count). The van der Waals surface area contributed by atoms with Crippen molar-refractivity contribution in [2.24, 2.45) is 0 Å². The second kappa shape index (κ2) is 4.91. The van der Waals surface area contributed by atoms with Gasteiger partial charge in [0.1, 0.15) is 18.9 Å². The van der Waals surface area contributed by atoms with Gasteiger partial charge in [0.25, 0.3) is 0 Å². The molecule has 0 radical (unpaired) electrons. The summed E-state index contributed by atoms with van der Waals surface area (Å²) in [5, 5.41) is 25.6. The molecule has 0 saturated carbocycles. The van der Waals surface area contributed by atoms with Crippen LogP contribution in [0.25, 0.3) is 0 Å². The zero-order valence-corrected chi connectivity index (χ0v) is 9.58. The van der Waals surface area contributed by atoms with Gasteiger partial charge in [-0.2, -0.15) is 5.10 Å². The summed E-state index contributed by atoms with van der Waals surface area (Å²) in [6, 6.07) is 0. The van der Waals surface area contributed by atoms with E-state index >= 15 is 0 Å². The van der Waals surface area contributed by atoms with E-state index in [-0.39, 0.29) is 24.7 Å². The summed E-state index contributed by atoms with van der Waals surface area (Å²) in [6.07, 6.45) is 2.25. The highest BCUT2D eigenvalue weighted by Crippen LogP contribution is 2.07. The zero-order valence-electron chi connectivity index (χ0n) is 9.58. The highest BCUT2D eigenvalue weighted by molar-refractivity contribution is 5.76. The number of amides is 1. The molecule has 0 aliphatic heterocycles. The summed E-state index contributed by atoms with van der Waals surface area (Å²) in [5.74, 6) is -0.373. The van der Waals surface area contributed by atoms with Crippen molar-refractivity contribution in [3.05, 3.63) is 22.5 Å². The molecule has 0 aliphatic rings. The number of rotatable bonds is 5. The SMILES string of the molecule is CC(C)(CO)NC(=O)Cn1cc([N+](=O)[O-])cn1. The lowest BCUT2D eigenvalue weighted by atomic mass is 10.1. The zero-order chi connectivity index (χ0) is 13.1. The van der Waals surface area contributed by atoms with Crippen LogP contribution in [-0.4, -0.2) is 37.9 Å². The topological polar surface area (TPSA) is 110 Å². The molecule has 8 nitrogen and oxygen atoms in total. The van der Waals surface area contributed by atoms with E-state index in [0.29, 0.717) is 0 Å². The van der Waals surface area contributed by atoms with E-state index in [2.05, 4.69) is 10.4 Å². The van der Waals surface area contributed by atoms with E-state index in [9.17, 15) is 14.9 Å². The van der Waals surface area contributed by atoms with Gasteiger partial charge in [-0.15, -0.1) is 0 Å². The molecule has 1 aromatic rings. The van der Waals surface area contributed by atoms with Crippen LogP contribution in [0.5, 0.6) is 0 Å². The first-order valence-corrected chi connectivity index (χ1v) is 4.93. The standard InChI is InChI=1S/C9H14N4O4/c1-9(2,6-14)11-8(15)5-12-4-7(3-10-12)13(16)17/h3-4,14H,5-6H2,1-2H3,(H,11,15). The fourth-order valence-corrected chi connectivity index (χ4v) is 1.14. The molecule has 17 heavy (non-hydrogen) atoms. The van der Waals surface area contributed by atoms with Gasteiger partial charge in [0, 0.05) is 0 Å². The number of aliphatic hydroxyl groups excluding tert-OH is 1. The van der Waals surface area contributed by atoms with Crippen molar-refractivity contribution in [1.29, 1.82) is 0 Å². The van der Waals surface area contributed by atoms with Gasteiger partial charge in [-0.05, 0) is 13.8 Å². The summed E-state index contributed by atoms with van der Waals surface area (Å²) in [7, 11) is 0. The second-order valence-corrected chi connectivity index (χ2v) is 4.24. The van der Waals surface area contributed by atoms with Crippen LogP contribution in [0.15, 0.2) is 12.4 Å². The molecule has 8 heteroatoms. The Morgan fingerprint density at radius 1 is 1.71 bits per heavy atom. The predicted octanol–water partition coefficient (Wildman–Crippen LogP) is -0.322. The van der Waals surface area contributed by atoms with Gasteiger partial charge in [-0.25, -0.2) is 0 Å². The highest BCUT2D eigenvalue weighted by Gasteiger charge is 2.19. The first-order valence-electron chi connectivity index (χ1n) is 4.93. The van der Waals surface area contributed by atoms with Crippen molar-refractivity contribution in [2.45, 2.75) is 25.9 Å². The van der Waals surface area contributed by atoms with Crippen LogP contribution in [0, 0.1) is 10.1 Å². The third-order valence-corrected chi connectivity index (χ3v) is 2.01. The summed E-state index contributed by atoms with van der Waals surface area (Å²) in [5.41, 5.74) is -0.893. The molecule has 0 fully saturated rings. The molecule has 0 atom stereocenters. The minimum absolute atomic E-state index is 0.128. The average Bonchev–Trinajstić information content (AvgIpc) is 2.65. The molecule has 0 bridgehead atoms. The lowest BCUT2D eigenvalue weighted by molar-refractivity contribution is -0.385. The minimum Gasteiger partial charge on any atom is -0.394 e. The van der Waals surface area contributed by atoms with Gasteiger partial charge in [-0.1, -0.05) is 0 Å². The van der Waals surface area contributed by atoms with Crippen molar-refractivity contribution in [3.63, 3.8) is 0 Å². The number of nitrogens with zero attached hydrogens (tertiary/aromatic N) is 3.